The first-order chi connectivity index (χ1) is 6.61. The van der Waals surface area contributed by atoms with Gasteiger partial charge in [0.1, 0.15) is 6.33 Å². The zero-order valence-electron chi connectivity index (χ0n) is 7.92. The average Bonchev–Trinajstić information content (AvgIpc) is 2.15. The molecule has 0 bridgehead atoms. The molecule has 0 fully saturated rings. The standard InChI is InChI=1S/C8H13N5O/c1-6(9)4-13(8(10)14)7-2-11-5-12-3-7/h2-3,5-6H,4,9H2,1H3,(H2,10,14). The normalized spacial score (nSPS) is 12.1. The Morgan fingerprint density at radius 3 is 2.57 bits per heavy atom. The Labute approximate surface area is 81.9 Å². The predicted octanol–water partition coefficient (Wildman–Crippen LogP) is -0.291. The molecule has 6 nitrogen and oxygen atoms in total. The van der Waals surface area contributed by atoms with Crippen molar-refractivity contribution in [1.29, 1.82) is 0 Å². The van der Waals surface area contributed by atoms with Crippen LogP contribution >= 0.6 is 0 Å². The lowest BCUT2D eigenvalue weighted by Crippen LogP contribution is -2.43. The molecule has 0 saturated carbocycles. The number of amides is 2. The summed E-state index contributed by atoms with van der Waals surface area (Å²) in [6, 6.07) is -0.709. The smallest absolute Gasteiger partial charge is 0.319 e. The van der Waals surface area contributed by atoms with Crippen LogP contribution in [0, 0.1) is 0 Å². The van der Waals surface area contributed by atoms with Gasteiger partial charge in [-0.25, -0.2) is 14.8 Å². The molecule has 1 atom stereocenters. The van der Waals surface area contributed by atoms with E-state index in [4.69, 9.17) is 11.5 Å². The van der Waals surface area contributed by atoms with E-state index in [9.17, 15) is 4.79 Å². The van der Waals surface area contributed by atoms with E-state index in [-0.39, 0.29) is 6.04 Å². The number of aromatic nitrogens is 2. The number of nitrogens with two attached hydrogens (primary N) is 2. The summed E-state index contributed by atoms with van der Waals surface area (Å²) < 4.78 is 0. The summed E-state index contributed by atoms with van der Waals surface area (Å²) in [6.07, 6.45) is 4.41. The van der Waals surface area contributed by atoms with E-state index in [1.807, 2.05) is 0 Å². The van der Waals surface area contributed by atoms with Crippen LogP contribution in [0.4, 0.5) is 10.5 Å². The zero-order valence-corrected chi connectivity index (χ0v) is 7.92. The van der Waals surface area contributed by atoms with Crippen LogP contribution < -0.4 is 16.4 Å². The van der Waals surface area contributed by atoms with Gasteiger partial charge in [-0.1, -0.05) is 0 Å². The molecule has 1 rings (SSSR count). The summed E-state index contributed by atoms with van der Waals surface area (Å²) in [5, 5.41) is 0. The number of nitrogens with zero attached hydrogens (tertiary/aromatic N) is 3. The van der Waals surface area contributed by atoms with E-state index in [0.717, 1.165) is 0 Å². The van der Waals surface area contributed by atoms with E-state index >= 15 is 0 Å². The molecule has 2 amide bonds. The second-order valence-corrected chi connectivity index (χ2v) is 3.02. The Morgan fingerprint density at radius 2 is 2.14 bits per heavy atom. The number of carbonyl (C=O) groups is 1. The minimum atomic E-state index is -0.558. The molecule has 1 unspecified atom stereocenters. The maximum atomic E-state index is 11.1. The molecule has 0 radical (unpaired) electrons. The lowest BCUT2D eigenvalue weighted by Gasteiger charge is -2.21. The van der Waals surface area contributed by atoms with Gasteiger partial charge in [-0.15, -0.1) is 0 Å². The van der Waals surface area contributed by atoms with Crippen molar-refractivity contribution in [2.75, 3.05) is 11.4 Å². The highest BCUT2D eigenvalue weighted by atomic mass is 16.2. The van der Waals surface area contributed by atoms with Crippen LogP contribution in [0.2, 0.25) is 0 Å². The van der Waals surface area contributed by atoms with E-state index < -0.39 is 6.03 Å². The van der Waals surface area contributed by atoms with Crippen molar-refractivity contribution in [2.24, 2.45) is 11.5 Å². The van der Waals surface area contributed by atoms with Gasteiger partial charge in [0, 0.05) is 12.6 Å². The predicted molar refractivity (Wildman–Crippen MR) is 52.6 cm³/mol. The third-order valence-corrected chi connectivity index (χ3v) is 1.60. The number of anilines is 1. The summed E-state index contributed by atoms with van der Waals surface area (Å²) in [6.45, 7) is 2.14. The Kier molecular flexibility index (Phi) is 3.35. The van der Waals surface area contributed by atoms with Gasteiger partial charge < -0.3 is 11.5 Å². The molecule has 1 aromatic heterocycles. The molecule has 0 aliphatic rings. The molecule has 0 aromatic carbocycles. The lowest BCUT2D eigenvalue weighted by atomic mass is 10.3. The zero-order chi connectivity index (χ0) is 10.6. The van der Waals surface area contributed by atoms with Gasteiger partial charge in [-0.05, 0) is 6.92 Å². The molecule has 1 heterocycles. The van der Waals surface area contributed by atoms with Crippen molar-refractivity contribution < 1.29 is 4.79 Å². The Morgan fingerprint density at radius 1 is 1.57 bits per heavy atom. The van der Waals surface area contributed by atoms with E-state index in [2.05, 4.69) is 9.97 Å². The number of carbonyl (C=O) groups excluding carboxylic acids is 1. The molecule has 0 spiro atoms. The van der Waals surface area contributed by atoms with Crippen molar-refractivity contribution in [3.05, 3.63) is 18.7 Å². The minimum Gasteiger partial charge on any atom is -0.351 e. The molecule has 1 aromatic rings. The molecule has 14 heavy (non-hydrogen) atoms. The Bertz CT molecular complexity index is 300. The summed E-state index contributed by atoms with van der Waals surface area (Å²) >= 11 is 0. The molecule has 4 N–H and O–H groups in total. The number of urea groups is 1. The maximum Gasteiger partial charge on any atom is 0.319 e. The molecule has 0 saturated heterocycles. The first-order valence-electron chi connectivity index (χ1n) is 4.19. The van der Waals surface area contributed by atoms with Gasteiger partial charge in [0.05, 0.1) is 18.1 Å². The maximum absolute atomic E-state index is 11.1. The monoisotopic (exact) mass is 195 g/mol. The van der Waals surface area contributed by atoms with Crippen molar-refractivity contribution in [2.45, 2.75) is 13.0 Å². The van der Waals surface area contributed by atoms with Gasteiger partial charge in [-0.3, -0.25) is 4.90 Å². The Hall–Kier alpha value is -1.69. The quantitative estimate of drug-likeness (QED) is 0.692. The van der Waals surface area contributed by atoms with Crippen molar-refractivity contribution in [3.8, 4) is 0 Å². The summed E-state index contributed by atoms with van der Waals surface area (Å²) in [7, 11) is 0. The van der Waals surface area contributed by atoms with E-state index in [1.165, 1.54) is 23.6 Å². The van der Waals surface area contributed by atoms with Gasteiger partial charge in [0.25, 0.3) is 0 Å². The van der Waals surface area contributed by atoms with E-state index in [0.29, 0.717) is 12.2 Å². The molecule has 76 valence electrons. The van der Waals surface area contributed by atoms with Gasteiger partial charge in [0.15, 0.2) is 0 Å². The minimum absolute atomic E-state index is 0.150. The van der Waals surface area contributed by atoms with Gasteiger partial charge in [-0.2, -0.15) is 0 Å². The highest BCUT2D eigenvalue weighted by Gasteiger charge is 2.13. The fourth-order valence-corrected chi connectivity index (χ4v) is 1.04. The topological polar surface area (TPSA) is 98.1 Å². The summed E-state index contributed by atoms with van der Waals surface area (Å²) in [4.78, 5) is 20.0. The van der Waals surface area contributed by atoms with Crippen LogP contribution in [0.15, 0.2) is 18.7 Å². The van der Waals surface area contributed by atoms with Crippen LogP contribution in [-0.4, -0.2) is 28.6 Å². The number of primary amides is 1. The summed E-state index contributed by atoms with van der Waals surface area (Å²) in [5.41, 5.74) is 11.3. The average molecular weight is 195 g/mol. The van der Waals surface area contributed by atoms with E-state index in [1.54, 1.807) is 6.92 Å². The number of hydrogen-bond donors (Lipinski definition) is 2. The van der Waals surface area contributed by atoms with Gasteiger partial charge >= 0.3 is 6.03 Å². The first-order valence-corrected chi connectivity index (χ1v) is 4.19. The van der Waals surface area contributed by atoms with Crippen molar-refractivity contribution in [1.82, 2.24) is 9.97 Å². The van der Waals surface area contributed by atoms with Crippen LogP contribution in [0.3, 0.4) is 0 Å². The second-order valence-electron chi connectivity index (χ2n) is 3.02. The third-order valence-electron chi connectivity index (χ3n) is 1.60. The molecular weight excluding hydrogens is 182 g/mol. The van der Waals surface area contributed by atoms with Crippen molar-refractivity contribution >= 4 is 11.7 Å². The third kappa shape index (κ3) is 2.67. The SMILES string of the molecule is CC(N)CN(C(N)=O)c1cncnc1. The fourth-order valence-electron chi connectivity index (χ4n) is 1.04. The van der Waals surface area contributed by atoms with Crippen LogP contribution in [0.1, 0.15) is 6.92 Å². The van der Waals surface area contributed by atoms with Crippen LogP contribution in [0.25, 0.3) is 0 Å². The highest BCUT2D eigenvalue weighted by Crippen LogP contribution is 2.09. The fraction of sp³-hybridized carbons (Fsp3) is 0.375. The molecule has 6 heteroatoms. The number of rotatable bonds is 3. The molecule has 0 aliphatic carbocycles. The largest absolute Gasteiger partial charge is 0.351 e. The number of hydrogen-bond acceptors (Lipinski definition) is 4. The van der Waals surface area contributed by atoms with Crippen LogP contribution in [0.5, 0.6) is 0 Å². The van der Waals surface area contributed by atoms with Crippen LogP contribution in [-0.2, 0) is 0 Å². The van der Waals surface area contributed by atoms with Crippen molar-refractivity contribution in [3.63, 3.8) is 0 Å². The summed E-state index contributed by atoms with van der Waals surface area (Å²) in [5.74, 6) is 0. The molecular formula is C8H13N5O. The first kappa shape index (κ1) is 10.4. The second kappa shape index (κ2) is 4.52. The molecule has 0 aliphatic heterocycles. The lowest BCUT2D eigenvalue weighted by molar-refractivity contribution is 0.253. The Balaban J connectivity index is 2.84. The highest BCUT2D eigenvalue weighted by molar-refractivity contribution is 5.90. The van der Waals surface area contributed by atoms with Gasteiger partial charge in [0.2, 0.25) is 0 Å².